The Hall–Kier alpha value is -1.59. The maximum atomic E-state index is 12.0. The van der Waals surface area contributed by atoms with E-state index in [-0.39, 0.29) is 23.6 Å². The first-order valence-corrected chi connectivity index (χ1v) is 5.95. The van der Waals surface area contributed by atoms with E-state index in [0.29, 0.717) is 0 Å². The fourth-order valence-corrected chi connectivity index (χ4v) is 1.51. The lowest BCUT2D eigenvalue weighted by Crippen LogP contribution is -2.54. The zero-order valence-corrected chi connectivity index (χ0v) is 11.9. The highest BCUT2D eigenvalue weighted by Crippen LogP contribution is 2.02. The van der Waals surface area contributed by atoms with E-state index in [1.807, 2.05) is 13.8 Å². The molecule has 0 aliphatic heterocycles. The van der Waals surface area contributed by atoms with Gasteiger partial charge in [-0.25, -0.2) is 0 Å². The molecule has 0 aromatic carbocycles. The van der Waals surface area contributed by atoms with Crippen LogP contribution in [0, 0.1) is 5.92 Å². The Kier molecular flexibility index (Phi) is 6.36. The van der Waals surface area contributed by atoms with Crippen molar-refractivity contribution in [1.29, 1.82) is 0 Å². The van der Waals surface area contributed by atoms with Crippen LogP contribution >= 0.6 is 0 Å². The molecule has 0 radical (unpaired) electrons. The minimum absolute atomic E-state index is 0.0458. The van der Waals surface area contributed by atoms with Crippen molar-refractivity contribution in [2.45, 2.75) is 39.8 Å². The lowest BCUT2D eigenvalue weighted by Gasteiger charge is -2.24. The standard InChI is InChI=1S/C12H23N3O3/c1-7(2)10(14-9(4)16)11(17)13-8(3)12(18)15(5)6/h7-8,10H,1-6H3,(H,13,17)(H,14,16)/t8-,10-/m0/s1. The molecule has 0 saturated heterocycles. The molecule has 0 aromatic rings. The Morgan fingerprint density at radius 3 is 1.83 bits per heavy atom. The van der Waals surface area contributed by atoms with Crippen molar-refractivity contribution < 1.29 is 14.4 Å². The van der Waals surface area contributed by atoms with E-state index in [9.17, 15) is 14.4 Å². The van der Waals surface area contributed by atoms with Gasteiger partial charge in [-0.1, -0.05) is 13.8 Å². The van der Waals surface area contributed by atoms with Crippen molar-refractivity contribution >= 4 is 17.7 Å². The van der Waals surface area contributed by atoms with Crippen molar-refractivity contribution in [1.82, 2.24) is 15.5 Å². The Bertz CT molecular complexity index is 327. The molecule has 2 atom stereocenters. The fraction of sp³-hybridized carbons (Fsp3) is 0.750. The Morgan fingerprint density at radius 2 is 1.50 bits per heavy atom. The van der Waals surface area contributed by atoms with Gasteiger partial charge in [0, 0.05) is 21.0 Å². The SMILES string of the molecule is CC(=O)N[C@H](C(=O)N[C@@H](C)C(=O)N(C)C)C(C)C. The average molecular weight is 257 g/mol. The number of nitrogens with one attached hydrogen (secondary N) is 2. The molecule has 0 aromatic heterocycles. The molecule has 0 rings (SSSR count). The molecular formula is C12H23N3O3. The van der Waals surface area contributed by atoms with E-state index in [1.54, 1.807) is 21.0 Å². The molecule has 104 valence electrons. The van der Waals surface area contributed by atoms with Crippen LogP contribution in [0.4, 0.5) is 0 Å². The van der Waals surface area contributed by atoms with Crippen LogP contribution in [0.3, 0.4) is 0 Å². The number of amides is 3. The molecule has 0 aliphatic rings. The highest BCUT2D eigenvalue weighted by molar-refractivity contribution is 5.91. The van der Waals surface area contributed by atoms with Gasteiger partial charge in [-0.2, -0.15) is 0 Å². The van der Waals surface area contributed by atoms with Crippen molar-refractivity contribution in [3.05, 3.63) is 0 Å². The van der Waals surface area contributed by atoms with E-state index in [0.717, 1.165) is 0 Å². The topological polar surface area (TPSA) is 78.5 Å². The van der Waals surface area contributed by atoms with Gasteiger partial charge in [-0.3, -0.25) is 14.4 Å². The third-order valence-corrected chi connectivity index (χ3v) is 2.48. The summed E-state index contributed by atoms with van der Waals surface area (Å²) in [6.07, 6.45) is 0. The Morgan fingerprint density at radius 1 is 1.00 bits per heavy atom. The first-order chi connectivity index (χ1) is 8.16. The first-order valence-electron chi connectivity index (χ1n) is 5.95. The van der Waals surface area contributed by atoms with Gasteiger partial charge in [-0.15, -0.1) is 0 Å². The molecule has 0 heterocycles. The number of hydrogen-bond donors (Lipinski definition) is 2. The number of rotatable bonds is 5. The minimum Gasteiger partial charge on any atom is -0.347 e. The molecule has 0 aliphatic carbocycles. The summed E-state index contributed by atoms with van der Waals surface area (Å²) in [6.45, 7) is 6.64. The second-order valence-electron chi connectivity index (χ2n) is 4.89. The van der Waals surface area contributed by atoms with Crippen LogP contribution in [-0.2, 0) is 14.4 Å². The summed E-state index contributed by atoms with van der Waals surface area (Å²) in [5.41, 5.74) is 0. The maximum absolute atomic E-state index is 12.0. The molecule has 0 unspecified atom stereocenters. The van der Waals surface area contributed by atoms with Gasteiger partial charge in [0.2, 0.25) is 17.7 Å². The van der Waals surface area contributed by atoms with Gasteiger partial charge in [0.1, 0.15) is 12.1 Å². The average Bonchev–Trinajstić information content (AvgIpc) is 2.23. The molecular weight excluding hydrogens is 234 g/mol. The van der Waals surface area contributed by atoms with Gasteiger partial charge in [0.25, 0.3) is 0 Å². The van der Waals surface area contributed by atoms with Crippen LogP contribution in [0.1, 0.15) is 27.7 Å². The van der Waals surface area contributed by atoms with Gasteiger partial charge in [0.05, 0.1) is 0 Å². The summed E-state index contributed by atoms with van der Waals surface area (Å²) in [6, 6.07) is -1.23. The molecule has 2 N–H and O–H groups in total. The predicted molar refractivity (Wildman–Crippen MR) is 68.7 cm³/mol. The summed E-state index contributed by atoms with van der Waals surface area (Å²) in [5, 5.41) is 5.18. The van der Waals surface area contributed by atoms with E-state index < -0.39 is 12.1 Å². The van der Waals surface area contributed by atoms with Gasteiger partial charge in [0.15, 0.2) is 0 Å². The minimum atomic E-state index is -0.625. The van der Waals surface area contributed by atoms with Crippen LogP contribution in [0.2, 0.25) is 0 Å². The van der Waals surface area contributed by atoms with E-state index in [4.69, 9.17) is 0 Å². The second-order valence-corrected chi connectivity index (χ2v) is 4.89. The molecule has 3 amide bonds. The molecule has 6 nitrogen and oxygen atoms in total. The summed E-state index contributed by atoms with van der Waals surface area (Å²) in [5.74, 6) is -0.845. The van der Waals surface area contributed by atoms with Crippen LogP contribution in [-0.4, -0.2) is 48.8 Å². The first kappa shape index (κ1) is 16.4. The number of nitrogens with zero attached hydrogens (tertiary/aromatic N) is 1. The summed E-state index contributed by atoms with van der Waals surface area (Å²) in [7, 11) is 3.25. The quantitative estimate of drug-likeness (QED) is 0.712. The normalized spacial score (nSPS) is 13.7. The zero-order chi connectivity index (χ0) is 14.5. The van der Waals surface area contributed by atoms with Gasteiger partial charge >= 0.3 is 0 Å². The fourth-order valence-electron chi connectivity index (χ4n) is 1.51. The van der Waals surface area contributed by atoms with Crippen LogP contribution in [0.25, 0.3) is 0 Å². The molecule has 0 spiro atoms. The van der Waals surface area contributed by atoms with E-state index in [2.05, 4.69) is 10.6 Å². The molecule has 0 bridgehead atoms. The molecule has 0 saturated carbocycles. The molecule has 0 fully saturated rings. The largest absolute Gasteiger partial charge is 0.347 e. The summed E-state index contributed by atoms with van der Waals surface area (Å²) < 4.78 is 0. The van der Waals surface area contributed by atoms with Gasteiger partial charge in [-0.05, 0) is 12.8 Å². The number of carbonyl (C=O) groups excluding carboxylic acids is 3. The second kappa shape index (κ2) is 6.98. The number of likely N-dealkylation sites (N-methyl/N-ethyl adjacent to an activating group) is 1. The van der Waals surface area contributed by atoms with Crippen LogP contribution in [0.5, 0.6) is 0 Å². The van der Waals surface area contributed by atoms with Crippen LogP contribution < -0.4 is 10.6 Å². The Labute approximate surface area is 108 Å². The maximum Gasteiger partial charge on any atom is 0.244 e. The summed E-state index contributed by atoms with van der Waals surface area (Å²) >= 11 is 0. The van der Waals surface area contributed by atoms with Crippen molar-refractivity contribution in [2.24, 2.45) is 5.92 Å². The predicted octanol–water partition coefficient (Wildman–Crippen LogP) is -0.260. The lowest BCUT2D eigenvalue weighted by atomic mass is 10.0. The monoisotopic (exact) mass is 257 g/mol. The smallest absolute Gasteiger partial charge is 0.244 e. The van der Waals surface area contributed by atoms with E-state index in [1.165, 1.54) is 11.8 Å². The highest BCUT2D eigenvalue weighted by atomic mass is 16.2. The number of carbonyl (C=O) groups is 3. The van der Waals surface area contributed by atoms with Gasteiger partial charge < -0.3 is 15.5 Å². The van der Waals surface area contributed by atoms with E-state index >= 15 is 0 Å². The number of hydrogen-bond acceptors (Lipinski definition) is 3. The zero-order valence-electron chi connectivity index (χ0n) is 11.9. The Balaban J connectivity index is 4.61. The summed E-state index contributed by atoms with van der Waals surface area (Å²) in [4.78, 5) is 36.0. The van der Waals surface area contributed by atoms with Crippen molar-refractivity contribution in [3.8, 4) is 0 Å². The third-order valence-electron chi connectivity index (χ3n) is 2.48. The van der Waals surface area contributed by atoms with Crippen molar-refractivity contribution in [2.75, 3.05) is 14.1 Å². The van der Waals surface area contributed by atoms with Crippen LogP contribution in [0.15, 0.2) is 0 Å². The molecule has 18 heavy (non-hydrogen) atoms. The third kappa shape index (κ3) is 5.16. The lowest BCUT2D eigenvalue weighted by molar-refractivity contribution is -0.135. The highest BCUT2D eigenvalue weighted by Gasteiger charge is 2.26. The molecule has 6 heteroatoms. The van der Waals surface area contributed by atoms with Crippen molar-refractivity contribution in [3.63, 3.8) is 0 Å².